The molecule has 0 radical (unpaired) electrons. The summed E-state index contributed by atoms with van der Waals surface area (Å²) < 4.78 is 0. The van der Waals surface area contributed by atoms with Crippen LogP contribution in [-0.2, 0) is 0 Å². The van der Waals surface area contributed by atoms with Crippen LogP contribution in [0.4, 0.5) is 0 Å². The second-order valence-corrected chi connectivity index (χ2v) is 8.64. The van der Waals surface area contributed by atoms with Crippen LogP contribution in [0.25, 0.3) is 54.2 Å². The molecule has 0 unspecified atom stereocenters. The van der Waals surface area contributed by atoms with E-state index < -0.39 is 0 Å². The van der Waals surface area contributed by atoms with Crippen molar-refractivity contribution in [1.29, 1.82) is 0 Å². The van der Waals surface area contributed by atoms with Gasteiger partial charge in [0.05, 0.1) is 0 Å². The van der Waals surface area contributed by atoms with Crippen molar-refractivity contribution in [3.8, 4) is 22.6 Å². The average molecular weight is 415 g/mol. The number of aryl methyl sites for hydroxylation is 2. The highest BCUT2D eigenvalue weighted by Gasteiger charge is 2.20. The molecule has 6 rings (SSSR count). The van der Waals surface area contributed by atoms with Gasteiger partial charge in [0.25, 0.3) is 0 Å². The minimum atomic E-state index is 0.311. The van der Waals surface area contributed by atoms with E-state index in [0.717, 1.165) is 65.3 Å². The number of hydrogen-bond acceptors (Lipinski definition) is 2. The Morgan fingerprint density at radius 3 is 1.16 bits per heavy atom. The van der Waals surface area contributed by atoms with Crippen LogP contribution in [0.5, 0.6) is 11.5 Å². The first-order valence-electron chi connectivity index (χ1n) is 10.8. The first-order valence-corrected chi connectivity index (χ1v) is 10.8. The summed E-state index contributed by atoms with van der Waals surface area (Å²) in [6, 6.07) is 28.6. The van der Waals surface area contributed by atoms with Gasteiger partial charge >= 0.3 is 0 Å². The molecule has 2 nitrogen and oxygen atoms in total. The third-order valence-electron chi connectivity index (χ3n) is 6.55. The number of fused-ring (bicyclic) bond motifs is 4. The molecule has 0 fully saturated rings. The lowest BCUT2D eigenvalue weighted by Crippen LogP contribution is -1.92. The fourth-order valence-corrected chi connectivity index (χ4v) is 5.08. The van der Waals surface area contributed by atoms with E-state index in [2.05, 4.69) is 48.5 Å². The van der Waals surface area contributed by atoms with E-state index in [4.69, 9.17) is 0 Å². The summed E-state index contributed by atoms with van der Waals surface area (Å²) in [6.45, 7) is 4.09. The van der Waals surface area contributed by atoms with Crippen LogP contribution < -0.4 is 0 Å². The smallest absolute Gasteiger partial charge is 0.131 e. The van der Waals surface area contributed by atoms with Crippen molar-refractivity contribution in [3.05, 3.63) is 96.1 Å². The van der Waals surface area contributed by atoms with Gasteiger partial charge in [-0.05, 0) is 58.7 Å². The Morgan fingerprint density at radius 1 is 0.406 bits per heavy atom. The number of phenolic OH excluding ortho intramolecular Hbond substituents is 2. The maximum Gasteiger partial charge on any atom is 0.131 e. The van der Waals surface area contributed by atoms with E-state index in [0.29, 0.717) is 11.5 Å². The third-order valence-corrected chi connectivity index (χ3v) is 6.55. The van der Waals surface area contributed by atoms with Crippen LogP contribution in [-0.4, -0.2) is 10.2 Å². The van der Waals surface area contributed by atoms with Crippen LogP contribution in [0.3, 0.4) is 0 Å². The van der Waals surface area contributed by atoms with E-state index >= 15 is 0 Å². The summed E-state index contributed by atoms with van der Waals surface area (Å²) in [5.41, 5.74) is 4.37. The molecule has 6 aromatic rings. The normalized spacial score (nSPS) is 11.7. The highest BCUT2D eigenvalue weighted by atomic mass is 16.3. The topological polar surface area (TPSA) is 40.5 Å². The van der Waals surface area contributed by atoms with Gasteiger partial charge in [-0.2, -0.15) is 0 Å². The Morgan fingerprint density at radius 2 is 0.750 bits per heavy atom. The van der Waals surface area contributed by atoms with Crippen molar-refractivity contribution in [2.24, 2.45) is 0 Å². The third kappa shape index (κ3) is 2.53. The quantitative estimate of drug-likeness (QED) is 0.268. The average Bonchev–Trinajstić information content (AvgIpc) is 2.81. The summed E-state index contributed by atoms with van der Waals surface area (Å²) in [5, 5.41) is 29.7. The zero-order valence-electron chi connectivity index (χ0n) is 18.0. The fraction of sp³-hybridized carbons (Fsp3) is 0.0667. The lowest BCUT2D eigenvalue weighted by atomic mass is 9.85. The maximum atomic E-state index is 11.2. The predicted molar refractivity (Wildman–Crippen MR) is 135 cm³/mol. The van der Waals surface area contributed by atoms with E-state index in [1.807, 2.05) is 50.2 Å². The zero-order valence-corrected chi connectivity index (χ0v) is 18.0. The van der Waals surface area contributed by atoms with Gasteiger partial charge in [0.15, 0.2) is 0 Å². The summed E-state index contributed by atoms with van der Waals surface area (Å²) in [5.74, 6) is 0.623. The van der Waals surface area contributed by atoms with Gasteiger partial charge in [0.1, 0.15) is 11.5 Å². The molecule has 32 heavy (non-hydrogen) atoms. The molecule has 0 heterocycles. The Balaban J connectivity index is 1.96. The van der Waals surface area contributed by atoms with Gasteiger partial charge in [-0.3, -0.25) is 0 Å². The SMILES string of the molecule is Cc1ccc2c(-c3c4ccccc4c(O)c4cc(C)ccc34)c3ccccc3c(O)c2c1. The van der Waals surface area contributed by atoms with Gasteiger partial charge in [0.2, 0.25) is 0 Å². The monoisotopic (exact) mass is 414 g/mol. The molecule has 0 amide bonds. The lowest BCUT2D eigenvalue weighted by Gasteiger charge is -2.19. The Labute approximate surface area is 186 Å². The van der Waals surface area contributed by atoms with E-state index in [1.54, 1.807) is 0 Å². The Hall–Kier alpha value is -4.04. The molecule has 2 N–H and O–H groups in total. The highest BCUT2D eigenvalue weighted by molar-refractivity contribution is 6.26. The second-order valence-electron chi connectivity index (χ2n) is 8.64. The number of aromatic hydroxyl groups is 2. The second kappa shape index (κ2) is 6.73. The molecule has 0 aromatic heterocycles. The first kappa shape index (κ1) is 18.7. The van der Waals surface area contributed by atoms with Crippen LogP contribution in [0.2, 0.25) is 0 Å². The van der Waals surface area contributed by atoms with Crippen LogP contribution in [0.15, 0.2) is 84.9 Å². The molecule has 0 atom stereocenters. The van der Waals surface area contributed by atoms with Gasteiger partial charge in [-0.15, -0.1) is 0 Å². The lowest BCUT2D eigenvalue weighted by molar-refractivity contribution is 0.487. The Bertz CT molecular complexity index is 1580. The summed E-state index contributed by atoms with van der Waals surface area (Å²) in [6.07, 6.45) is 0. The first-order chi connectivity index (χ1) is 15.5. The molecule has 0 saturated carbocycles. The van der Waals surface area contributed by atoms with Crippen molar-refractivity contribution >= 4 is 43.1 Å². The molecule has 0 saturated heterocycles. The minimum Gasteiger partial charge on any atom is -0.507 e. The molecule has 154 valence electrons. The van der Waals surface area contributed by atoms with E-state index in [-0.39, 0.29) is 0 Å². The standard InChI is InChI=1S/C30H22O2/c1-17-11-13-21-25(15-17)29(31)23-9-5-3-7-19(23)27(21)28-20-8-4-6-10-24(20)30(32)26-16-18(2)12-14-22(26)28/h3-16,31-32H,1-2H3. The van der Waals surface area contributed by atoms with E-state index in [9.17, 15) is 10.2 Å². The number of hydrogen-bond donors (Lipinski definition) is 2. The molecule has 6 aromatic carbocycles. The number of phenols is 2. The van der Waals surface area contributed by atoms with Crippen molar-refractivity contribution < 1.29 is 10.2 Å². The molecule has 0 bridgehead atoms. The highest BCUT2D eigenvalue weighted by Crippen LogP contribution is 2.49. The van der Waals surface area contributed by atoms with Crippen molar-refractivity contribution in [2.45, 2.75) is 13.8 Å². The van der Waals surface area contributed by atoms with Gasteiger partial charge in [-0.1, -0.05) is 83.9 Å². The fourth-order valence-electron chi connectivity index (χ4n) is 5.08. The van der Waals surface area contributed by atoms with Gasteiger partial charge in [-0.25, -0.2) is 0 Å². The van der Waals surface area contributed by atoms with Crippen molar-refractivity contribution in [1.82, 2.24) is 0 Å². The van der Waals surface area contributed by atoms with Crippen LogP contribution in [0, 0.1) is 13.8 Å². The van der Waals surface area contributed by atoms with Gasteiger partial charge in [0, 0.05) is 21.5 Å². The van der Waals surface area contributed by atoms with Crippen LogP contribution >= 0.6 is 0 Å². The molecular formula is C30H22O2. The van der Waals surface area contributed by atoms with E-state index in [1.165, 1.54) is 0 Å². The zero-order chi connectivity index (χ0) is 22.0. The molecular weight excluding hydrogens is 392 g/mol. The summed E-state index contributed by atoms with van der Waals surface area (Å²) in [4.78, 5) is 0. The number of rotatable bonds is 1. The predicted octanol–water partition coefficient (Wildman–Crippen LogP) is 7.99. The molecule has 0 aliphatic carbocycles. The molecule has 0 aliphatic heterocycles. The van der Waals surface area contributed by atoms with Gasteiger partial charge < -0.3 is 10.2 Å². The van der Waals surface area contributed by atoms with Crippen molar-refractivity contribution in [2.75, 3.05) is 0 Å². The largest absolute Gasteiger partial charge is 0.507 e. The molecule has 0 spiro atoms. The summed E-state index contributed by atoms with van der Waals surface area (Å²) in [7, 11) is 0. The molecule has 0 aliphatic rings. The number of benzene rings is 6. The maximum absolute atomic E-state index is 11.2. The molecule has 2 heteroatoms. The summed E-state index contributed by atoms with van der Waals surface area (Å²) >= 11 is 0. The Kier molecular flexibility index (Phi) is 3.93. The van der Waals surface area contributed by atoms with Crippen LogP contribution in [0.1, 0.15) is 11.1 Å². The van der Waals surface area contributed by atoms with Crippen molar-refractivity contribution in [3.63, 3.8) is 0 Å². The minimum absolute atomic E-state index is 0.311.